The molecule has 0 aromatic rings. The van der Waals surface area contributed by atoms with Crippen molar-refractivity contribution in [1.82, 2.24) is 4.90 Å². The molecule has 5 nitrogen and oxygen atoms in total. The molecule has 1 rings (SSSR count). The Hall–Kier alpha value is -0.650. The molecule has 2 atom stereocenters. The molecule has 1 aliphatic heterocycles. The maximum absolute atomic E-state index is 11.3. The van der Waals surface area contributed by atoms with Gasteiger partial charge in [0, 0.05) is 13.1 Å². The first-order valence-electron chi connectivity index (χ1n) is 5.73. The van der Waals surface area contributed by atoms with E-state index in [9.17, 15) is 9.90 Å². The molecule has 5 heteroatoms. The van der Waals surface area contributed by atoms with Crippen molar-refractivity contribution in [3.8, 4) is 0 Å². The fourth-order valence-corrected chi connectivity index (χ4v) is 2.21. The molecule has 3 N–H and O–H groups in total. The third-order valence-electron chi connectivity index (χ3n) is 3.09. The Morgan fingerprint density at radius 2 is 2.38 bits per heavy atom. The van der Waals surface area contributed by atoms with Crippen LogP contribution in [0.5, 0.6) is 0 Å². The molecule has 0 amide bonds. The Kier molecular flexibility index (Phi) is 4.70. The van der Waals surface area contributed by atoms with Gasteiger partial charge in [0.05, 0.1) is 7.11 Å². The van der Waals surface area contributed by atoms with Gasteiger partial charge in [0.25, 0.3) is 0 Å². The molecule has 0 aromatic heterocycles. The number of β-amino-alcohol motifs (C(OH)–C–C–N with tert-alkyl or cyclic N) is 1. The van der Waals surface area contributed by atoms with Gasteiger partial charge in [-0.3, -0.25) is 4.90 Å². The quantitative estimate of drug-likeness (QED) is 0.642. The number of carbonyl (C=O) groups is 1. The number of rotatable bonds is 4. The molecule has 1 fully saturated rings. The molecule has 0 spiro atoms. The van der Waals surface area contributed by atoms with Crippen LogP contribution in [0.15, 0.2) is 0 Å². The van der Waals surface area contributed by atoms with Crippen molar-refractivity contribution in [3.63, 3.8) is 0 Å². The zero-order chi connectivity index (χ0) is 12.2. The maximum atomic E-state index is 11.3. The zero-order valence-electron chi connectivity index (χ0n) is 10.1. The summed E-state index contributed by atoms with van der Waals surface area (Å²) in [5.74, 6) is -0.107. The topological polar surface area (TPSA) is 75.8 Å². The average Bonchev–Trinajstić information content (AvgIpc) is 2.27. The van der Waals surface area contributed by atoms with Crippen LogP contribution in [0.2, 0.25) is 0 Å². The fraction of sp³-hybridized carbons (Fsp3) is 0.909. The standard InChI is InChI=1S/C11H22N2O3/c1-11(15,10(14)16-2)8-13-5-3-4-9(6-12)7-13/h9,15H,3-8,12H2,1-2H3. The van der Waals surface area contributed by atoms with E-state index in [2.05, 4.69) is 9.64 Å². The molecule has 94 valence electrons. The van der Waals surface area contributed by atoms with Crippen LogP contribution < -0.4 is 5.73 Å². The molecule has 16 heavy (non-hydrogen) atoms. The van der Waals surface area contributed by atoms with E-state index in [-0.39, 0.29) is 0 Å². The van der Waals surface area contributed by atoms with E-state index < -0.39 is 11.6 Å². The molecule has 0 radical (unpaired) electrons. The summed E-state index contributed by atoms with van der Waals surface area (Å²) in [6, 6.07) is 0. The van der Waals surface area contributed by atoms with E-state index in [4.69, 9.17) is 5.73 Å². The van der Waals surface area contributed by atoms with Gasteiger partial charge in [0.15, 0.2) is 5.60 Å². The highest BCUT2D eigenvalue weighted by molar-refractivity contribution is 5.78. The molecular weight excluding hydrogens is 208 g/mol. The molecule has 0 saturated carbocycles. The average molecular weight is 230 g/mol. The number of hydrogen-bond donors (Lipinski definition) is 2. The van der Waals surface area contributed by atoms with Crippen molar-refractivity contribution in [1.29, 1.82) is 0 Å². The minimum absolute atomic E-state index is 0.316. The van der Waals surface area contributed by atoms with Gasteiger partial charge in [-0.15, -0.1) is 0 Å². The predicted octanol–water partition coefficient (Wildman–Crippen LogP) is -0.419. The SMILES string of the molecule is COC(=O)C(C)(O)CN1CCCC(CN)C1. The normalized spacial score (nSPS) is 26.1. The lowest BCUT2D eigenvalue weighted by Crippen LogP contribution is -2.50. The number of piperidine rings is 1. The van der Waals surface area contributed by atoms with Crippen molar-refractivity contribution in [2.24, 2.45) is 11.7 Å². The molecule has 2 unspecified atom stereocenters. The lowest BCUT2D eigenvalue weighted by Gasteiger charge is -2.35. The van der Waals surface area contributed by atoms with Crippen LogP contribution in [0.4, 0.5) is 0 Å². The fourth-order valence-electron chi connectivity index (χ4n) is 2.21. The van der Waals surface area contributed by atoms with Crippen molar-refractivity contribution >= 4 is 5.97 Å². The summed E-state index contributed by atoms with van der Waals surface area (Å²) in [4.78, 5) is 13.4. The molecule has 0 bridgehead atoms. The highest BCUT2D eigenvalue weighted by atomic mass is 16.5. The molecule has 0 aromatic carbocycles. The number of hydrogen-bond acceptors (Lipinski definition) is 5. The number of methoxy groups -OCH3 is 1. The number of nitrogens with two attached hydrogens (primary N) is 1. The number of carbonyl (C=O) groups excluding carboxylic acids is 1. The van der Waals surface area contributed by atoms with Gasteiger partial charge in [0.2, 0.25) is 0 Å². The van der Waals surface area contributed by atoms with E-state index in [1.807, 2.05) is 0 Å². The first-order chi connectivity index (χ1) is 7.49. The summed E-state index contributed by atoms with van der Waals surface area (Å²) in [6.45, 7) is 4.23. The summed E-state index contributed by atoms with van der Waals surface area (Å²) in [5, 5.41) is 9.95. The van der Waals surface area contributed by atoms with Crippen LogP contribution in [0.1, 0.15) is 19.8 Å². The molecule has 1 aliphatic rings. The summed E-state index contributed by atoms with van der Waals surface area (Å²) in [5.41, 5.74) is 4.21. The zero-order valence-corrected chi connectivity index (χ0v) is 10.1. The first kappa shape index (κ1) is 13.4. The number of aliphatic hydroxyl groups is 1. The van der Waals surface area contributed by atoms with Crippen molar-refractivity contribution in [3.05, 3.63) is 0 Å². The van der Waals surface area contributed by atoms with E-state index in [0.717, 1.165) is 25.9 Å². The molecular formula is C11H22N2O3. The van der Waals surface area contributed by atoms with Crippen LogP contribution in [-0.2, 0) is 9.53 Å². The third kappa shape index (κ3) is 3.43. The molecule has 1 saturated heterocycles. The molecule has 1 heterocycles. The van der Waals surface area contributed by atoms with Crippen LogP contribution in [0, 0.1) is 5.92 Å². The van der Waals surface area contributed by atoms with Gasteiger partial charge in [-0.25, -0.2) is 4.79 Å². The Balaban J connectivity index is 2.49. The monoisotopic (exact) mass is 230 g/mol. The Morgan fingerprint density at radius 3 is 2.94 bits per heavy atom. The summed E-state index contributed by atoms with van der Waals surface area (Å²) in [7, 11) is 1.29. The second kappa shape index (κ2) is 5.61. The minimum Gasteiger partial charge on any atom is -0.467 e. The number of nitrogens with zero attached hydrogens (tertiary/aromatic N) is 1. The summed E-state index contributed by atoms with van der Waals surface area (Å²) < 4.78 is 4.57. The summed E-state index contributed by atoms with van der Waals surface area (Å²) in [6.07, 6.45) is 2.20. The number of ether oxygens (including phenoxy) is 1. The van der Waals surface area contributed by atoms with Gasteiger partial charge in [0.1, 0.15) is 0 Å². The minimum atomic E-state index is -1.43. The number of esters is 1. The van der Waals surface area contributed by atoms with Gasteiger partial charge >= 0.3 is 5.97 Å². The Bertz CT molecular complexity index is 243. The lowest BCUT2D eigenvalue weighted by atomic mass is 9.96. The highest BCUT2D eigenvalue weighted by Crippen LogP contribution is 2.18. The predicted molar refractivity (Wildman–Crippen MR) is 60.9 cm³/mol. The van der Waals surface area contributed by atoms with Gasteiger partial charge in [-0.05, 0) is 38.8 Å². The van der Waals surface area contributed by atoms with E-state index >= 15 is 0 Å². The van der Waals surface area contributed by atoms with Gasteiger partial charge in [-0.1, -0.05) is 0 Å². The van der Waals surface area contributed by atoms with E-state index in [0.29, 0.717) is 19.0 Å². The van der Waals surface area contributed by atoms with Crippen molar-refractivity contribution in [2.75, 3.05) is 33.3 Å². The summed E-state index contributed by atoms with van der Waals surface area (Å²) >= 11 is 0. The highest BCUT2D eigenvalue weighted by Gasteiger charge is 2.34. The van der Waals surface area contributed by atoms with Crippen molar-refractivity contribution in [2.45, 2.75) is 25.4 Å². The van der Waals surface area contributed by atoms with E-state index in [1.165, 1.54) is 14.0 Å². The van der Waals surface area contributed by atoms with Gasteiger partial charge < -0.3 is 15.6 Å². The lowest BCUT2D eigenvalue weighted by molar-refractivity contribution is -0.162. The Labute approximate surface area is 96.6 Å². The third-order valence-corrected chi connectivity index (χ3v) is 3.09. The molecule has 0 aliphatic carbocycles. The van der Waals surface area contributed by atoms with Gasteiger partial charge in [-0.2, -0.15) is 0 Å². The van der Waals surface area contributed by atoms with Crippen molar-refractivity contribution < 1.29 is 14.6 Å². The first-order valence-corrected chi connectivity index (χ1v) is 5.73. The smallest absolute Gasteiger partial charge is 0.338 e. The van der Waals surface area contributed by atoms with Crippen LogP contribution in [-0.4, -0.2) is 54.9 Å². The Morgan fingerprint density at radius 1 is 1.69 bits per heavy atom. The van der Waals surface area contributed by atoms with Crippen LogP contribution >= 0.6 is 0 Å². The van der Waals surface area contributed by atoms with E-state index in [1.54, 1.807) is 0 Å². The van der Waals surface area contributed by atoms with Crippen LogP contribution in [0.3, 0.4) is 0 Å². The largest absolute Gasteiger partial charge is 0.467 e. The maximum Gasteiger partial charge on any atom is 0.338 e. The van der Waals surface area contributed by atoms with Crippen LogP contribution in [0.25, 0.3) is 0 Å². The second-order valence-corrected chi connectivity index (χ2v) is 4.74. The second-order valence-electron chi connectivity index (χ2n) is 4.74. The number of likely N-dealkylation sites (tertiary alicyclic amines) is 1.